The normalized spacial score (nSPS) is 14.1. The molecule has 0 saturated carbocycles. The van der Waals surface area contributed by atoms with Crippen molar-refractivity contribution >= 4 is 33.2 Å². The van der Waals surface area contributed by atoms with Crippen molar-refractivity contribution in [2.24, 2.45) is 0 Å². The first-order chi connectivity index (χ1) is 14.3. The SMILES string of the molecule is CC(C)OCCCNS(=O)(=O)c1ccc2c(c1)CCCN2C(=O)c1ccc(Cl)cc1. The molecule has 0 spiro atoms. The lowest BCUT2D eigenvalue weighted by Gasteiger charge is -2.30. The third-order valence-electron chi connectivity index (χ3n) is 4.88. The van der Waals surface area contributed by atoms with Crippen molar-refractivity contribution in [3.8, 4) is 0 Å². The van der Waals surface area contributed by atoms with Crippen LogP contribution in [0.5, 0.6) is 0 Å². The van der Waals surface area contributed by atoms with Gasteiger partial charge in [-0.2, -0.15) is 0 Å². The van der Waals surface area contributed by atoms with Crippen LogP contribution >= 0.6 is 11.6 Å². The summed E-state index contributed by atoms with van der Waals surface area (Å²) < 4.78 is 33.3. The van der Waals surface area contributed by atoms with Gasteiger partial charge in [-0.05, 0) is 81.1 Å². The third-order valence-corrected chi connectivity index (χ3v) is 6.59. The number of fused-ring (bicyclic) bond motifs is 1. The Hall–Kier alpha value is -1.93. The molecule has 0 bridgehead atoms. The summed E-state index contributed by atoms with van der Waals surface area (Å²) >= 11 is 5.92. The molecule has 8 heteroatoms. The molecule has 162 valence electrons. The zero-order valence-corrected chi connectivity index (χ0v) is 18.8. The van der Waals surface area contributed by atoms with Crippen molar-refractivity contribution in [2.75, 3.05) is 24.6 Å². The maximum absolute atomic E-state index is 12.9. The lowest BCUT2D eigenvalue weighted by molar-refractivity contribution is 0.0778. The molecule has 6 nitrogen and oxygen atoms in total. The highest BCUT2D eigenvalue weighted by Crippen LogP contribution is 2.30. The van der Waals surface area contributed by atoms with Crippen molar-refractivity contribution in [1.82, 2.24) is 4.72 Å². The van der Waals surface area contributed by atoms with Gasteiger partial charge in [-0.3, -0.25) is 4.79 Å². The van der Waals surface area contributed by atoms with E-state index in [1.165, 1.54) is 0 Å². The highest BCUT2D eigenvalue weighted by molar-refractivity contribution is 7.89. The van der Waals surface area contributed by atoms with Crippen LogP contribution in [0.15, 0.2) is 47.4 Å². The largest absolute Gasteiger partial charge is 0.379 e. The Bertz CT molecular complexity index is 991. The fourth-order valence-corrected chi connectivity index (χ4v) is 4.63. The minimum absolute atomic E-state index is 0.119. The second kappa shape index (κ2) is 9.92. The van der Waals surface area contributed by atoms with E-state index in [2.05, 4.69) is 4.72 Å². The number of hydrogen-bond acceptors (Lipinski definition) is 4. The third kappa shape index (κ3) is 5.60. The maximum Gasteiger partial charge on any atom is 0.258 e. The molecule has 0 unspecified atom stereocenters. The summed E-state index contributed by atoms with van der Waals surface area (Å²) in [7, 11) is -3.61. The minimum Gasteiger partial charge on any atom is -0.379 e. The van der Waals surface area contributed by atoms with E-state index in [0.29, 0.717) is 36.7 Å². The van der Waals surface area contributed by atoms with E-state index in [4.69, 9.17) is 16.3 Å². The fraction of sp³-hybridized carbons (Fsp3) is 0.409. The Labute approximate surface area is 183 Å². The molecule has 2 aromatic rings. The molecular weight excluding hydrogens is 424 g/mol. The van der Waals surface area contributed by atoms with Gasteiger partial charge in [-0.1, -0.05) is 11.6 Å². The van der Waals surface area contributed by atoms with E-state index < -0.39 is 10.0 Å². The molecule has 0 saturated heterocycles. The highest BCUT2D eigenvalue weighted by atomic mass is 35.5. The predicted octanol–water partition coefficient (Wildman–Crippen LogP) is 4.03. The van der Waals surface area contributed by atoms with Crippen LogP contribution in [-0.2, 0) is 21.2 Å². The highest BCUT2D eigenvalue weighted by Gasteiger charge is 2.25. The van der Waals surface area contributed by atoms with Crippen molar-refractivity contribution in [3.63, 3.8) is 0 Å². The van der Waals surface area contributed by atoms with Crippen molar-refractivity contribution in [2.45, 2.75) is 44.1 Å². The van der Waals surface area contributed by atoms with E-state index in [0.717, 1.165) is 24.1 Å². The van der Waals surface area contributed by atoms with E-state index >= 15 is 0 Å². The summed E-state index contributed by atoms with van der Waals surface area (Å²) in [5.41, 5.74) is 2.16. The quantitative estimate of drug-likeness (QED) is 0.616. The van der Waals surface area contributed by atoms with Gasteiger partial charge < -0.3 is 9.64 Å². The molecule has 3 rings (SSSR count). The number of carbonyl (C=O) groups is 1. The monoisotopic (exact) mass is 450 g/mol. The van der Waals surface area contributed by atoms with Crippen molar-refractivity contribution in [1.29, 1.82) is 0 Å². The van der Waals surface area contributed by atoms with Crippen LogP contribution in [0.1, 0.15) is 42.6 Å². The number of halogens is 1. The summed E-state index contributed by atoms with van der Waals surface area (Å²) in [6.45, 7) is 5.30. The van der Waals surface area contributed by atoms with Crippen LogP contribution in [0.25, 0.3) is 0 Å². The van der Waals surface area contributed by atoms with Gasteiger partial charge in [-0.15, -0.1) is 0 Å². The molecule has 0 atom stereocenters. The van der Waals surface area contributed by atoms with E-state index in [9.17, 15) is 13.2 Å². The van der Waals surface area contributed by atoms with Crippen LogP contribution in [0.3, 0.4) is 0 Å². The molecule has 2 aromatic carbocycles. The molecule has 1 aliphatic rings. The summed E-state index contributed by atoms with van der Waals surface area (Å²) in [5, 5.41) is 0.573. The number of carbonyl (C=O) groups excluding carboxylic acids is 1. The van der Waals surface area contributed by atoms with Crippen LogP contribution in [0.4, 0.5) is 5.69 Å². The molecule has 0 radical (unpaired) electrons. The van der Waals surface area contributed by atoms with E-state index in [1.54, 1.807) is 47.4 Å². The van der Waals surface area contributed by atoms with Gasteiger partial charge in [0.05, 0.1) is 11.0 Å². The van der Waals surface area contributed by atoms with Gasteiger partial charge >= 0.3 is 0 Å². The number of ether oxygens (including phenoxy) is 1. The molecule has 1 amide bonds. The second-order valence-electron chi connectivity index (χ2n) is 7.53. The number of anilines is 1. The number of benzene rings is 2. The Morgan fingerprint density at radius 1 is 1.20 bits per heavy atom. The predicted molar refractivity (Wildman–Crippen MR) is 119 cm³/mol. The lowest BCUT2D eigenvalue weighted by Crippen LogP contribution is -2.35. The second-order valence-corrected chi connectivity index (χ2v) is 9.73. The molecule has 30 heavy (non-hydrogen) atoms. The molecule has 0 aromatic heterocycles. The number of rotatable bonds is 8. The van der Waals surface area contributed by atoms with Crippen LogP contribution in [0.2, 0.25) is 5.02 Å². The standard InChI is InChI=1S/C22H27ClN2O4S/c1-16(2)29-14-4-12-24-30(27,28)20-10-11-21-18(15-20)5-3-13-25(21)22(26)17-6-8-19(23)9-7-17/h6-11,15-16,24H,3-5,12-14H2,1-2H3. The first-order valence-electron chi connectivity index (χ1n) is 10.1. The zero-order valence-electron chi connectivity index (χ0n) is 17.2. The number of nitrogens with one attached hydrogen (secondary N) is 1. The molecule has 0 fully saturated rings. The molecule has 1 heterocycles. The Kier molecular flexibility index (Phi) is 7.52. The average Bonchev–Trinajstić information content (AvgIpc) is 2.72. The van der Waals surface area contributed by atoms with Gasteiger partial charge in [-0.25, -0.2) is 13.1 Å². The zero-order chi connectivity index (χ0) is 21.7. The molecule has 1 aliphatic heterocycles. The van der Waals surface area contributed by atoms with E-state index in [-0.39, 0.29) is 16.9 Å². The number of aryl methyl sites for hydroxylation is 1. The Balaban J connectivity index is 1.73. The van der Waals surface area contributed by atoms with Crippen molar-refractivity contribution < 1.29 is 17.9 Å². The van der Waals surface area contributed by atoms with Gasteiger partial charge in [0.2, 0.25) is 10.0 Å². The molecule has 1 N–H and O–H groups in total. The summed E-state index contributed by atoms with van der Waals surface area (Å²) in [4.78, 5) is 14.9. The first kappa shape index (κ1) is 22.7. The molecular formula is C22H27ClN2O4S. The topological polar surface area (TPSA) is 75.7 Å². The number of nitrogens with zero attached hydrogens (tertiary/aromatic N) is 1. The minimum atomic E-state index is -3.61. The van der Waals surface area contributed by atoms with Crippen LogP contribution in [0, 0.1) is 0 Å². The summed E-state index contributed by atoms with van der Waals surface area (Å²) in [6, 6.07) is 11.7. The van der Waals surface area contributed by atoms with Crippen molar-refractivity contribution in [3.05, 3.63) is 58.6 Å². The van der Waals surface area contributed by atoms with Gasteiger partial charge in [0.15, 0.2) is 0 Å². The van der Waals surface area contributed by atoms with Gasteiger partial charge in [0.1, 0.15) is 0 Å². The summed E-state index contributed by atoms with van der Waals surface area (Å²) in [5.74, 6) is -0.119. The van der Waals surface area contributed by atoms with Crippen LogP contribution < -0.4 is 9.62 Å². The fourth-order valence-electron chi connectivity index (χ4n) is 3.38. The van der Waals surface area contributed by atoms with E-state index in [1.807, 2.05) is 13.8 Å². The van der Waals surface area contributed by atoms with Gasteiger partial charge in [0.25, 0.3) is 5.91 Å². The average molecular weight is 451 g/mol. The van der Waals surface area contributed by atoms with Crippen LogP contribution in [-0.4, -0.2) is 40.1 Å². The lowest BCUT2D eigenvalue weighted by atomic mass is 10.0. The number of amides is 1. The Morgan fingerprint density at radius 2 is 1.93 bits per heavy atom. The first-order valence-corrected chi connectivity index (χ1v) is 12.0. The van der Waals surface area contributed by atoms with Gasteiger partial charge in [0, 0.05) is 36.0 Å². The number of sulfonamides is 1. The Morgan fingerprint density at radius 3 is 2.63 bits per heavy atom. The smallest absolute Gasteiger partial charge is 0.258 e. The summed E-state index contributed by atoms with van der Waals surface area (Å²) in [6.07, 6.45) is 2.23. The maximum atomic E-state index is 12.9. The molecule has 0 aliphatic carbocycles. The number of hydrogen-bond donors (Lipinski definition) is 1.